The van der Waals surface area contributed by atoms with Crippen molar-refractivity contribution in [1.82, 2.24) is 34.5 Å². The van der Waals surface area contributed by atoms with Crippen molar-refractivity contribution in [3.05, 3.63) is 58.3 Å². The van der Waals surface area contributed by atoms with E-state index in [4.69, 9.17) is 9.97 Å². The van der Waals surface area contributed by atoms with Crippen molar-refractivity contribution in [2.24, 2.45) is 0 Å². The maximum Gasteiger partial charge on any atom is 0.295 e. The second-order valence-corrected chi connectivity index (χ2v) is 13.3. The third-order valence-corrected chi connectivity index (χ3v) is 9.53. The summed E-state index contributed by atoms with van der Waals surface area (Å²) in [5, 5.41) is 3.11. The Morgan fingerprint density at radius 3 is 2.27 bits per heavy atom. The fraction of sp³-hybridized carbons (Fsp3) is 0.483. The Balaban J connectivity index is 1.39. The average molecular weight is 575 g/mol. The minimum absolute atomic E-state index is 0.00758. The first-order valence-electron chi connectivity index (χ1n) is 14.4. The topological polar surface area (TPSA) is 146 Å². The fourth-order valence-electron chi connectivity index (χ4n) is 5.21. The Morgan fingerprint density at radius 2 is 1.68 bits per heavy atom. The predicted molar refractivity (Wildman–Crippen MR) is 155 cm³/mol. The van der Waals surface area contributed by atoms with Gasteiger partial charge in [0.2, 0.25) is 0 Å². The molecule has 0 bridgehead atoms. The molecule has 41 heavy (non-hydrogen) atoms. The summed E-state index contributed by atoms with van der Waals surface area (Å²) in [6.07, 6.45) is 10.8. The minimum Gasteiger partial charge on any atom is -0.360 e. The molecule has 4 heterocycles. The zero-order valence-corrected chi connectivity index (χ0v) is 24.4. The number of aromatic nitrogens is 7. The predicted octanol–water partition coefficient (Wildman–Crippen LogP) is 4.56. The molecular formula is C29H34N8O3S. The first-order valence-corrected chi connectivity index (χ1v) is 16.0. The number of anilines is 1. The molecule has 1 atom stereocenters. The van der Waals surface area contributed by atoms with Crippen molar-refractivity contribution in [3.8, 4) is 11.4 Å². The van der Waals surface area contributed by atoms with E-state index in [1.807, 2.05) is 6.92 Å². The van der Waals surface area contributed by atoms with E-state index in [2.05, 4.69) is 32.2 Å². The van der Waals surface area contributed by atoms with E-state index < -0.39 is 9.84 Å². The van der Waals surface area contributed by atoms with Gasteiger partial charge in [-0.1, -0.05) is 20.3 Å². The molecule has 6 rings (SSSR count). The van der Waals surface area contributed by atoms with Crippen LogP contribution in [0.3, 0.4) is 0 Å². The summed E-state index contributed by atoms with van der Waals surface area (Å²) in [6, 6.07) is 3.06. The minimum atomic E-state index is -3.34. The van der Waals surface area contributed by atoms with Gasteiger partial charge in [-0.2, -0.15) is 0 Å². The van der Waals surface area contributed by atoms with E-state index in [-0.39, 0.29) is 34.6 Å². The molecular weight excluding hydrogens is 540 g/mol. The molecule has 4 aromatic heterocycles. The number of pyridine rings is 1. The first kappa shape index (κ1) is 27.4. The van der Waals surface area contributed by atoms with Crippen LogP contribution in [-0.2, 0) is 16.4 Å². The quantitative estimate of drug-likeness (QED) is 0.270. The maximum absolute atomic E-state index is 13.8. The molecule has 2 aliphatic carbocycles. The Hall–Kier alpha value is -3.80. The Kier molecular flexibility index (Phi) is 7.27. The average Bonchev–Trinajstić information content (AvgIpc) is 3.89. The van der Waals surface area contributed by atoms with Gasteiger partial charge in [-0.05, 0) is 51.2 Å². The van der Waals surface area contributed by atoms with E-state index in [1.54, 1.807) is 30.1 Å². The molecule has 0 radical (unpaired) electrons. The van der Waals surface area contributed by atoms with Gasteiger partial charge in [0.25, 0.3) is 5.56 Å². The third kappa shape index (κ3) is 5.44. The van der Waals surface area contributed by atoms with E-state index in [9.17, 15) is 13.2 Å². The SMILES string of the molecule is CCC[C@H](C)n1c(=O)c(NCc2ccc(S(=O)(=O)CC)cn2)nc2cnc(-c3c(C4CC4)ncnc3C3CC3)nc21. The van der Waals surface area contributed by atoms with E-state index in [0.29, 0.717) is 34.5 Å². The van der Waals surface area contributed by atoms with Crippen molar-refractivity contribution < 1.29 is 8.42 Å². The first-order chi connectivity index (χ1) is 19.8. The molecule has 11 nitrogen and oxygen atoms in total. The third-order valence-electron chi connectivity index (χ3n) is 7.81. The van der Waals surface area contributed by atoms with Gasteiger partial charge in [-0.25, -0.2) is 33.3 Å². The van der Waals surface area contributed by atoms with Crippen LogP contribution in [0.1, 0.15) is 94.3 Å². The number of hydrogen-bond acceptors (Lipinski definition) is 10. The molecule has 214 valence electrons. The molecule has 12 heteroatoms. The molecule has 0 unspecified atom stereocenters. The monoisotopic (exact) mass is 574 g/mol. The summed E-state index contributed by atoms with van der Waals surface area (Å²) in [5.41, 5.74) is 4.25. The van der Waals surface area contributed by atoms with Gasteiger partial charge in [-0.3, -0.25) is 14.3 Å². The molecule has 1 N–H and O–H groups in total. The number of nitrogens with one attached hydrogen (secondary N) is 1. The summed E-state index contributed by atoms with van der Waals surface area (Å²) in [7, 11) is -3.34. The second kappa shape index (κ2) is 10.9. The van der Waals surface area contributed by atoms with Crippen LogP contribution in [0.2, 0.25) is 0 Å². The summed E-state index contributed by atoms with van der Waals surface area (Å²) in [6.45, 7) is 5.90. The zero-order chi connectivity index (χ0) is 28.7. The van der Waals surface area contributed by atoms with Crippen molar-refractivity contribution in [2.75, 3.05) is 11.1 Å². The van der Waals surface area contributed by atoms with Crippen LogP contribution in [0.5, 0.6) is 0 Å². The van der Waals surface area contributed by atoms with Crippen LogP contribution in [-0.4, -0.2) is 48.6 Å². The van der Waals surface area contributed by atoms with Crippen molar-refractivity contribution in [1.29, 1.82) is 0 Å². The van der Waals surface area contributed by atoms with Gasteiger partial charge >= 0.3 is 0 Å². The fourth-order valence-corrected chi connectivity index (χ4v) is 6.03. The lowest BCUT2D eigenvalue weighted by molar-refractivity contribution is 0.497. The van der Waals surface area contributed by atoms with Gasteiger partial charge < -0.3 is 5.32 Å². The molecule has 2 saturated carbocycles. The normalized spacial score (nSPS) is 16.2. The summed E-state index contributed by atoms with van der Waals surface area (Å²) < 4.78 is 25.9. The number of nitrogens with zero attached hydrogens (tertiary/aromatic N) is 7. The van der Waals surface area contributed by atoms with Gasteiger partial charge in [0.15, 0.2) is 27.1 Å². The summed E-state index contributed by atoms with van der Waals surface area (Å²) in [4.78, 5) is 41.8. The Morgan fingerprint density at radius 1 is 0.976 bits per heavy atom. The van der Waals surface area contributed by atoms with Crippen LogP contribution in [0.15, 0.2) is 40.5 Å². The second-order valence-electron chi connectivity index (χ2n) is 11.0. The van der Waals surface area contributed by atoms with E-state index in [1.165, 1.54) is 12.3 Å². The molecule has 0 amide bonds. The lowest BCUT2D eigenvalue weighted by Crippen LogP contribution is -2.28. The van der Waals surface area contributed by atoms with Crippen LogP contribution in [0, 0.1) is 0 Å². The van der Waals surface area contributed by atoms with Crippen LogP contribution >= 0.6 is 0 Å². The highest BCUT2D eigenvalue weighted by Crippen LogP contribution is 2.48. The molecule has 0 aromatic carbocycles. The molecule has 0 aliphatic heterocycles. The van der Waals surface area contributed by atoms with Crippen molar-refractivity contribution >= 4 is 26.8 Å². The number of rotatable bonds is 11. The van der Waals surface area contributed by atoms with Crippen molar-refractivity contribution in [3.63, 3.8) is 0 Å². The Labute approximate surface area is 238 Å². The molecule has 2 aliphatic rings. The van der Waals surface area contributed by atoms with Crippen LogP contribution in [0.4, 0.5) is 5.82 Å². The Bertz CT molecular complexity index is 1730. The molecule has 0 spiro atoms. The number of sulfone groups is 1. The summed E-state index contributed by atoms with van der Waals surface area (Å²) >= 11 is 0. The van der Waals surface area contributed by atoms with Crippen LogP contribution < -0.4 is 10.9 Å². The number of hydrogen-bond donors (Lipinski definition) is 1. The molecule has 2 fully saturated rings. The van der Waals surface area contributed by atoms with Crippen molar-refractivity contribution in [2.45, 2.75) is 88.6 Å². The lowest BCUT2D eigenvalue weighted by Gasteiger charge is -2.19. The summed E-state index contributed by atoms with van der Waals surface area (Å²) in [5.74, 6) is 1.53. The van der Waals surface area contributed by atoms with Crippen LogP contribution in [0.25, 0.3) is 22.6 Å². The van der Waals surface area contributed by atoms with E-state index in [0.717, 1.165) is 55.5 Å². The maximum atomic E-state index is 13.8. The van der Waals surface area contributed by atoms with Gasteiger partial charge in [0, 0.05) is 24.1 Å². The zero-order valence-electron chi connectivity index (χ0n) is 23.5. The van der Waals surface area contributed by atoms with Gasteiger partial charge in [0.05, 0.1) is 46.0 Å². The molecule has 0 saturated heterocycles. The standard InChI is InChI=1S/C29H34N8O3S/c1-4-6-17(3)37-28-22(35-27(29(37)38)31-13-20-11-12-21(14-30-20)41(39,40)5-2)15-32-26(36-28)23-24(18-7-8-18)33-16-34-25(23)19-9-10-19/h11-12,14-19H,4-10,13H2,1-3H3,(H,31,35)/t17-/m0/s1. The smallest absolute Gasteiger partial charge is 0.295 e. The lowest BCUT2D eigenvalue weighted by atomic mass is 10.0. The highest BCUT2D eigenvalue weighted by Gasteiger charge is 2.35. The highest BCUT2D eigenvalue weighted by molar-refractivity contribution is 7.91. The number of fused-ring (bicyclic) bond motifs is 1. The molecule has 4 aromatic rings. The van der Waals surface area contributed by atoms with Gasteiger partial charge in [-0.15, -0.1) is 0 Å². The largest absolute Gasteiger partial charge is 0.360 e. The highest BCUT2D eigenvalue weighted by atomic mass is 32.2. The van der Waals surface area contributed by atoms with E-state index >= 15 is 0 Å². The van der Waals surface area contributed by atoms with Gasteiger partial charge in [0.1, 0.15) is 11.8 Å².